The molecule has 3 heteroatoms. The van der Waals surface area contributed by atoms with Crippen molar-refractivity contribution in [3.63, 3.8) is 0 Å². The Morgan fingerprint density at radius 1 is 0.955 bits per heavy atom. The Morgan fingerprint density at radius 2 is 1.45 bits per heavy atom. The van der Waals surface area contributed by atoms with Crippen LogP contribution < -0.4 is 10.1 Å². The number of ether oxygens (including phenoxy) is 1. The molecule has 22 heavy (non-hydrogen) atoms. The molecule has 1 N–H and O–H groups in total. The standard InChI is InChI=1S/C19H21NO2/c1-12(2)13(3)20-19(21)18-14-8-4-6-10-16(14)22-17-11-7-5-9-15(17)18/h4-13,18H,1-3H3,(H,20,21)/t13-/m0/s1. The number of hydrogen-bond acceptors (Lipinski definition) is 2. The van der Waals surface area contributed by atoms with Crippen molar-refractivity contribution < 1.29 is 9.53 Å². The van der Waals surface area contributed by atoms with Crippen LogP contribution in [-0.2, 0) is 4.79 Å². The lowest BCUT2D eigenvalue weighted by Gasteiger charge is -2.29. The van der Waals surface area contributed by atoms with Crippen LogP contribution in [0.5, 0.6) is 11.5 Å². The summed E-state index contributed by atoms with van der Waals surface area (Å²) in [6, 6.07) is 15.6. The fourth-order valence-electron chi connectivity index (χ4n) is 2.67. The highest BCUT2D eigenvalue weighted by molar-refractivity contribution is 5.89. The lowest BCUT2D eigenvalue weighted by Crippen LogP contribution is -2.40. The quantitative estimate of drug-likeness (QED) is 0.926. The van der Waals surface area contributed by atoms with E-state index in [-0.39, 0.29) is 17.9 Å². The molecule has 2 aromatic rings. The van der Waals surface area contributed by atoms with E-state index < -0.39 is 0 Å². The van der Waals surface area contributed by atoms with Gasteiger partial charge in [0.05, 0.1) is 5.92 Å². The third kappa shape index (κ3) is 2.59. The molecule has 3 rings (SSSR count). The zero-order valence-corrected chi connectivity index (χ0v) is 13.2. The van der Waals surface area contributed by atoms with Crippen molar-refractivity contribution in [2.24, 2.45) is 5.92 Å². The van der Waals surface area contributed by atoms with Gasteiger partial charge in [-0.1, -0.05) is 50.2 Å². The van der Waals surface area contributed by atoms with Gasteiger partial charge in [-0.25, -0.2) is 0 Å². The second-order valence-corrected chi connectivity index (χ2v) is 6.15. The topological polar surface area (TPSA) is 38.3 Å². The second kappa shape index (κ2) is 5.84. The molecule has 0 spiro atoms. The molecule has 1 aliphatic rings. The van der Waals surface area contributed by atoms with E-state index in [0.29, 0.717) is 5.92 Å². The number of fused-ring (bicyclic) bond motifs is 2. The summed E-state index contributed by atoms with van der Waals surface area (Å²) in [6.45, 7) is 6.26. The van der Waals surface area contributed by atoms with Gasteiger partial charge in [0.25, 0.3) is 0 Å². The highest BCUT2D eigenvalue weighted by Crippen LogP contribution is 2.43. The maximum absolute atomic E-state index is 12.9. The maximum Gasteiger partial charge on any atom is 0.232 e. The molecule has 0 saturated heterocycles. The van der Waals surface area contributed by atoms with Gasteiger partial charge in [-0.15, -0.1) is 0 Å². The van der Waals surface area contributed by atoms with Crippen LogP contribution in [0.4, 0.5) is 0 Å². The second-order valence-electron chi connectivity index (χ2n) is 6.15. The molecule has 1 aliphatic heterocycles. The minimum absolute atomic E-state index is 0.0319. The van der Waals surface area contributed by atoms with Crippen LogP contribution in [0.15, 0.2) is 48.5 Å². The molecular formula is C19H21NO2. The number of nitrogens with one attached hydrogen (secondary N) is 1. The van der Waals surface area contributed by atoms with E-state index in [1.54, 1.807) is 0 Å². The number of rotatable bonds is 3. The Morgan fingerprint density at radius 3 is 1.95 bits per heavy atom. The molecule has 2 aromatic carbocycles. The van der Waals surface area contributed by atoms with Crippen molar-refractivity contribution in [1.29, 1.82) is 0 Å². The molecule has 1 amide bonds. The summed E-state index contributed by atoms with van der Waals surface area (Å²) in [4.78, 5) is 12.9. The molecule has 0 fully saturated rings. The van der Waals surface area contributed by atoms with Gasteiger partial charge in [0.15, 0.2) is 0 Å². The highest BCUT2D eigenvalue weighted by atomic mass is 16.5. The minimum atomic E-state index is -0.317. The Hall–Kier alpha value is -2.29. The summed E-state index contributed by atoms with van der Waals surface area (Å²) in [5.74, 6) is 1.64. The maximum atomic E-state index is 12.9. The Balaban J connectivity index is 2.01. The first kappa shape index (κ1) is 14.6. The Labute approximate surface area is 131 Å². The predicted octanol–water partition coefficient (Wildman–Crippen LogP) is 4.08. The van der Waals surface area contributed by atoms with E-state index in [4.69, 9.17) is 4.74 Å². The fraction of sp³-hybridized carbons (Fsp3) is 0.316. The molecule has 0 radical (unpaired) electrons. The van der Waals surface area contributed by atoms with Crippen molar-refractivity contribution in [3.8, 4) is 11.5 Å². The summed E-state index contributed by atoms with van der Waals surface area (Å²) in [7, 11) is 0. The summed E-state index contributed by atoms with van der Waals surface area (Å²) >= 11 is 0. The number of hydrogen-bond donors (Lipinski definition) is 1. The number of carbonyl (C=O) groups is 1. The number of amides is 1. The zero-order chi connectivity index (χ0) is 15.7. The molecule has 0 bridgehead atoms. The van der Waals surface area contributed by atoms with Gasteiger partial charge in [0.1, 0.15) is 11.5 Å². The lowest BCUT2D eigenvalue weighted by molar-refractivity contribution is -0.122. The molecule has 0 aromatic heterocycles. The SMILES string of the molecule is CC(C)[C@H](C)NC(=O)C1c2ccccc2Oc2ccccc21. The highest BCUT2D eigenvalue weighted by Gasteiger charge is 2.32. The fourth-order valence-corrected chi connectivity index (χ4v) is 2.67. The van der Waals surface area contributed by atoms with E-state index in [1.165, 1.54) is 0 Å². The molecule has 114 valence electrons. The Kier molecular flexibility index (Phi) is 3.88. The average molecular weight is 295 g/mol. The summed E-state index contributed by atoms with van der Waals surface area (Å²) in [5, 5.41) is 3.14. The largest absolute Gasteiger partial charge is 0.457 e. The van der Waals surface area contributed by atoms with E-state index >= 15 is 0 Å². The third-order valence-corrected chi connectivity index (χ3v) is 4.31. The van der Waals surface area contributed by atoms with Crippen molar-refractivity contribution in [3.05, 3.63) is 59.7 Å². The van der Waals surface area contributed by atoms with Crippen LogP contribution in [0.1, 0.15) is 37.8 Å². The van der Waals surface area contributed by atoms with Crippen LogP contribution in [0.3, 0.4) is 0 Å². The first-order valence-electron chi connectivity index (χ1n) is 7.74. The van der Waals surface area contributed by atoms with E-state index in [9.17, 15) is 4.79 Å². The van der Waals surface area contributed by atoms with Crippen molar-refractivity contribution in [2.45, 2.75) is 32.7 Å². The van der Waals surface area contributed by atoms with Gasteiger partial charge < -0.3 is 10.1 Å². The van der Waals surface area contributed by atoms with Gasteiger partial charge in [-0.2, -0.15) is 0 Å². The van der Waals surface area contributed by atoms with Crippen LogP contribution >= 0.6 is 0 Å². The lowest BCUT2D eigenvalue weighted by atomic mass is 9.87. The minimum Gasteiger partial charge on any atom is -0.457 e. The van der Waals surface area contributed by atoms with Gasteiger partial charge in [0, 0.05) is 17.2 Å². The zero-order valence-electron chi connectivity index (χ0n) is 13.2. The van der Waals surface area contributed by atoms with Crippen LogP contribution in [-0.4, -0.2) is 11.9 Å². The molecule has 0 aliphatic carbocycles. The van der Waals surface area contributed by atoms with E-state index in [0.717, 1.165) is 22.6 Å². The van der Waals surface area contributed by atoms with E-state index in [1.807, 2.05) is 55.5 Å². The van der Waals surface area contributed by atoms with E-state index in [2.05, 4.69) is 19.2 Å². The monoisotopic (exact) mass is 295 g/mol. The molecule has 1 heterocycles. The first-order valence-corrected chi connectivity index (χ1v) is 7.74. The molecule has 1 atom stereocenters. The molecule has 3 nitrogen and oxygen atoms in total. The van der Waals surface area contributed by atoms with Crippen molar-refractivity contribution in [2.75, 3.05) is 0 Å². The van der Waals surface area contributed by atoms with Gasteiger partial charge >= 0.3 is 0 Å². The number of carbonyl (C=O) groups excluding carboxylic acids is 1. The van der Waals surface area contributed by atoms with Gasteiger partial charge in [-0.05, 0) is 25.0 Å². The number of para-hydroxylation sites is 2. The van der Waals surface area contributed by atoms with Crippen molar-refractivity contribution >= 4 is 5.91 Å². The van der Waals surface area contributed by atoms with Crippen LogP contribution in [0.2, 0.25) is 0 Å². The van der Waals surface area contributed by atoms with Gasteiger partial charge in [0.2, 0.25) is 5.91 Å². The molecule has 0 unspecified atom stereocenters. The average Bonchev–Trinajstić information content (AvgIpc) is 2.52. The summed E-state index contributed by atoms with van der Waals surface area (Å²) in [6.07, 6.45) is 0. The van der Waals surface area contributed by atoms with Gasteiger partial charge in [-0.3, -0.25) is 4.79 Å². The first-order chi connectivity index (χ1) is 10.6. The predicted molar refractivity (Wildman–Crippen MR) is 87.2 cm³/mol. The number of benzene rings is 2. The molecular weight excluding hydrogens is 274 g/mol. The normalized spacial score (nSPS) is 14.7. The summed E-state index contributed by atoms with van der Waals surface area (Å²) in [5.41, 5.74) is 1.85. The Bertz CT molecular complexity index is 648. The smallest absolute Gasteiger partial charge is 0.232 e. The van der Waals surface area contributed by atoms with Crippen molar-refractivity contribution in [1.82, 2.24) is 5.32 Å². The van der Waals surface area contributed by atoms with Crippen LogP contribution in [0.25, 0.3) is 0 Å². The summed E-state index contributed by atoms with van der Waals surface area (Å²) < 4.78 is 5.93. The molecule has 0 saturated carbocycles. The van der Waals surface area contributed by atoms with Crippen LogP contribution in [0, 0.1) is 5.92 Å². The third-order valence-electron chi connectivity index (χ3n) is 4.31.